The van der Waals surface area contributed by atoms with Crippen LogP contribution in [-0.2, 0) is 11.4 Å². The maximum atomic E-state index is 12.0. The first-order valence-corrected chi connectivity index (χ1v) is 6.35. The summed E-state index contributed by atoms with van der Waals surface area (Å²) in [6.07, 6.45) is 0. The fraction of sp³-hybridized carbons (Fsp3) is 0.133. The summed E-state index contributed by atoms with van der Waals surface area (Å²) in [5.74, 6) is 0.595. The van der Waals surface area contributed by atoms with Crippen molar-refractivity contribution in [1.82, 2.24) is 0 Å². The summed E-state index contributed by atoms with van der Waals surface area (Å²) in [7, 11) is 0. The highest BCUT2D eigenvalue weighted by Gasteiger charge is 2.24. The van der Waals surface area contributed by atoms with Crippen LogP contribution in [-0.4, -0.2) is 5.91 Å². The van der Waals surface area contributed by atoms with Gasteiger partial charge in [-0.25, -0.2) is 0 Å². The van der Waals surface area contributed by atoms with Crippen LogP contribution in [0.1, 0.15) is 12.5 Å². The molecule has 4 heteroatoms. The van der Waals surface area contributed by atoms with Gasteiger partial charge >= 0.3 is 0 Å². The number of fused-ring (bicyclic) bond motifs is 2. The average Bonchev–Trinajstić information content (AvgIpc) is 2.54. The lowest BCUT2D eigenvalue weighted by Gasteiger charge is -2.22. The van der Waals surface area contributed by atoms with Crippen LogP contribution in [0.5, 0.6) is 5.75 Å². The largest absolute Gasteiger partial charge is 0.487 e. The van der Waals surface area contributed by atoms with Crippen molar-refractivity contribution in [1.29, 1.82) is 0 Å². The Bertz CT molecular complexity index is 654. The van der Waals surface area contributed by atoms with Crippen molar-refractivity contribution in [2.75, 3.05) is 4.90 Å². The van der Waals surface area contributed by atoms with Gasteiger partial charge in [-0.05, 0) is 24.3 Å². The molecule has 1 heterocycles. The number of halogens is 1. The second-order valence-electron chi connectivity index (χ2n) is 4.38. The van der Waals surface area contributed by atoms with E-state index in [1.54, 1.807) is 23.1 Å². The quantitative estimate of drug-likeness (QED) is 0.728. The van der Waals surface area contributed by atoms with E-state index >= 15 is 0 Å². The number of ether oxygens (including phenoxy) is 1. The van der Waals surface area contributed by atoms with Gasteiger partial charge in [0.15, 0.2) is 0 Å². The SMILES string of the molecule is CC(=O)N1c2ccccc2COc2ccc(Cl)cc21. The van der Waals surface area contributed by atoms with Crippen LogP contribution in [0.2, 0.25) is 5.02 Å². The van der Waals surface area contributed by atoms with Gasteiger partial charge in [-0.1, -0.05) is 29.8 Å². The summed E-state index contributed by atoms with van der Waals surface area (Å²) in [6, 6.07) is 13.0. The normalized spacial score (nSPS) is 13.1. The van der Waals surface area contributed by atoms with E-state index in [2.05, 4.69) is 0 Å². The minimum Gasteiger partial charge on any atom is -0.487 e. The Balaban J connectivity index is 2.25. The predicted octanol–water partition coefficient (Wildman–Crippen LogP) is 3.92. The van der Waals surface area contributed by atoms with Crippen molar-refractivity contribution in [3.63, 3.8) is 0 Å². The lowest BCUT2D eigenvalue weighted by atomic mass is 10.1. The van der Waals surface area contributed by atoms with Crippen LogP contribution in [0.4, 0.5) is 11.4 Å². The molecule has 3 rings (SSSR count). The zero-order valence-electron chi connectivity index (χ0n) is 10.4. The Morgan fingerprint density at radius 3 is 2.79 bits per heavy atom. The first kappa shape index (κ1) is 12.1. The van der Waals surface area contributed by atoms with Crippen LogP contribution >= 0.6 is 11.6 Å². The molecule has 0 saturated heterocycles. The van der Waals surface area contributed by atoms with Crippen LogP contribution in [0.3, 0.4) is 0 Å². The molecule has 19 heavy (non-hydrogen) atoms. The molecule has 0 N–H and O–H groups in total. The zero-order valence-corrected chi connectivity index (χ0v) is 11.1. The number of rotatable bonds is 0. The molecule has 1 aliphatic rings. The van der Waals surface area contributed by atoms with E-state index in [9.17, 15) is 4.79 Å². The van der Waals surface area contributed by atoms with E-state index in [0.29, 0.717) is 23.1 Å². The average molecular weight is 274 g/mol. The molecule has 0 unspecified atom stereocenters. The van der Waals surface area contributed by atoms with Gasteiger partial charge in [0.05, 0.1) is 11.4 Å². The van der Waals surface area contributed by atoms with Gasteiger partial charge in [-0.15, -0.1) is 0 Å². The van der Waals surface area contributed by atoms with Gasteiger partial charge in [0.25, 0.3) is 0 Å². The topological polar surface area (TPSA) is 29.5 Å². The van der Waals surface area contributed by atoms with Gasteiger partial charge in [-0.2, -0.15) is 0 Å². The first-order valence-electron chi connectivity index (χ1n) is 5.98. The molecule has 0 radical (unpaired) electrons. The van der Waals surface area contributed by atoms with E-state index in [-0.39, 0.29) is 5.91 Å². The van der Waals surface area contributed by atoms with E-state index < -0.39 is 0 Å². The Kier molecular flexibility index (Phi) is 2.91. The number of carbonyl (C=O) groups is 1. The summed E-state index contributed by atoms with van der Waals surface area (Å²) < 4.78 is 5.76. The summed E-state index contributed by atoms with van der Waals surface area (Å²) in [5, 5.41) is 0.577. The van der Waals surface area contributed by atoms with Crippen LogP contribution in [0, 0.1) is 0 Å². The van der Waals surface area contributed by atoms with E-state index in [1.165, 1.54) is 6.92 Å². The highest BCUT2D eigenvalue weighted by Crippen LogP contribution is 2.40. The smallest absolute Gasteiger partial charge is 0.228 e. The lowest BCUT2D eigenvalue weighted by Crippen LogP contribution is -2.23. The fourth-order valence-corrected chi connectivity index (χ4v) is 2.43. The molecule has 1 amide bonds. The third-order valence-electron chi connectivity index (χ3n) is 3.09. The highest BCUT2D eigenvalue weighted by molar-refractivity contribution is 6.31. The molecular weight excluding hydrogens is 262 g/mol. The summed E-state index contributed by atoms with van der Waals surface area (Å²) in [6.45, 7) is 1.97. The monoisotopic (exact) mass is 273 g/mol. The van der Waals surface area contributed by atoms with E-state index in [4.69, 9.17) is 16.3 Å². The number of amides is 1. The molecule has 2 aromatic carbocycles. The number of anilines is 2. The summed E-state index contributed by atoms with van der Waals surface area (Å²) >= 11 is 6.03. The molecule has 2 aromatic rings. The number of benzene rings is 2. The third-order valence-corrected chi connectivity index (χ3v) is 3.33. The standard InChI is InChI=1S/C15H12ClNO2/c1-10(18)17-13-5-3-2-4-11(13)9-19-15-7-6-12(16)8-14(15)17/h2-8H,9H2,1H3. The van der Waals surface area contributed by atoms with Crippen molar-refractivity contribution in [2.45, 2.75) is 13.5 Å². The van der Waals surface area contributed by atoms with Gasteiger partial charge in [0.2, 0.25) is 5.91 Å². The Hall–Kier alpha value is -2.00. The van der Waals surface area contributed by atoms with Gasteiger partial charge < -0.3 is 4.74 Å². The molecule has 0 spiro atoms. The fourth-order valence-electron chi connectivity index (χ4n) is 2.26. The van der Waals surface area contributed by atoms with Crippen molar-refractivity contribution < 1.29 is 9.53 Å². The van der Waals surface area contributed by atoms with Gasteiger partial charge in [0, 0.05) is 17.5 Å². The second kappa shape index (κ2) is 4.59. The Morgan fingerprint density at radius 2 is 2.00 bits per heavy atom. The van der Waals surface area contributed by atoms with Crippen molar-refractivity contribution in [3.8, 4) is 5.75 Å². The minimum atomic E-state index is -0.0681. The molecule has 0 aliphatic carbocycles. The molecule has 1 aliphatic heterocycles. The van der Waals surface area contributed by atoms with Crippen LogP contribution in [0.15, 0.2) is 42.5 Å². The molecular formula is C15H12ClNO2. The number of carbonyl (C=O) groups excluding carboxylic acids is 1. The van der Waals surface area contributed by atoms with Crippen LogP contribution in [0.25, 0.3) is 0 Å². The highest BCUT2D eigenvalue weighted by atomic mass is 35.5. The predicted molar refractivity (Wildman–Crippen MR) is 75.0 cm³/mol. The molecule has 0 saturated carbocycles. The number of nitrogens with zero attached hydrogens (tertiary/aromatic N) is 1. The first-order chi connectivity index (χ1) is 9.16. The Labute approximate surface area is 116 Å². The summed E-state index contributed by atoms with van der Waals surface area (Å²) in [5.41, 5.74) is 2.51. The maximum Gasteiger partial charge on any atom is 0.228 e. The van der Waals surface area contributed by atoms with Gasteiger partial charge in [0.1, 0.15) is 12.4 Å². The number of hydrogen-bond acceptors (Lipinski definition) is 2. The molecule has 0 atom stereocenters. The number of para-hydroxylation sites is 1. The zero-order chi connectivity index (χ0) is 13.4. The van der Waals surface area contributed by atoms with E-state index in [0.717, 1.165) is 11.3 Å². The van der Waals surface area contributed by atoms with E-state index in [1.807, 2.05) is 24.3 Å². The molecule has 0 fully saturated rings. The van der Waals surface area contributed by atoms with Crippen molar-refractivity contribution in [2.24, 2.45) is 0 Å². The minimum absolute atomic E-state index is 0.0681. The molecule has 0 aromatic heterocycles. The Morgan fingerprint density at radius 1 is 1.21 bits per heavy atom. The maximum absolute atomic E-state index is 12.0. The lowest BCUT2D eigenvalue weighted by molar-refractivity contribution is -0.115. The van der Waals surface area contributed by atoms with Gasteiger partial charge in [-0.3, -0.25) is 9.69 Å². The van der Waals surface area contributed by atoms with Crippen molar-refractivity contribution in [3.05, 3.63) is 53.1 Å². The number of hydrogen-bond donors (Lipinski definition) is 0. The molecule has 0 bridgehead atoms. The molecule has 96 valence electrons. The van der Waals surface area contributed by atoms with Crippen molar-refractivity contribution >= 4 is 28.9 Å². The molecule has 3 nitrogen and oxygen atoms in total. The second-order valence-corrected chi connectivity index (χ2v) is 4.82. The third kappa shape index (κ3) is 2.06. The van der Waals surface area contributed by atoms with Crippen LogP contribution < -0.4 is 9.64 Å². The summed E-state index contributed by atoms with van der Waals surface area (Å²) in [4.78, 5) is 13.7.